The molecule has 0 aromatic carbocycles. The monoisotopic (exact) mass is 287 g/mol. The fourth-order valence-corrected chi connectivity index (χ4v) is 2.40. The van der Waals surface area contributed by atoms with Gasteiger partial charge in [0, 0.05) is 37.7 Å². The number of carbonyl (C=O) groups excluding carboxylic acids is 1. The van der Waals surface area contributed by atoms with Crippen LogP contribution in [-0.2, 0) is 0 Å². The van der Waals surface area contributed by atoms with Crippen molar-refractivity contribution in [2.75, 3.05) is 23.3 Å². The summed E-state index contributed by atoms with van der Waals surface area (Å²) in [6.45, 7) is 1.62. The van der Waals surface area contributed by atoms with Crippen LogP contribution in [0.2, 0.25) is 0 Å². The van der Waals surface area contributed by atoms with Crippen LogP contribution in [0.3, 0.4) is 0 Å². The van der Waals surface area contributed by atoms with Crippen LogP contribution in [0.1, 0.15) is 12.8 Å². The molecule has 2 aromatic heterocycles. The minimum Gasteiger partial charge on any atom is -0.339 e. The third-order valence-corrected chi connectivity index (χ3v) is 3.35. The maximum Gasteiger partial charge on any atom is 0.319 e. The van der Waals surface area contributed by atoms with Crippen molar-refractivity contribution in [2.45, 2.75) is 18.9 Å². The number of H-pyrrole nitrogens is 1. The van der Waals surface area contributed by atoms with E-state index in [2.05, 4.69) is 35.7 Å². The Balaban J connectivity index is 1.55. The lowest BCUT2D eigenvalue weighted by Gasteiger charge is -2.32. The summed E-state index contributed by atoms with van der Waals surface area (Å²) in [7, 11) is 0. The van der Waals surface area contributed by atoms with Crippen LogP contribution >= 0.6 is 0 Å². The highest BCUT2D eigenvalue weighted by atomic mass is 16.2. The van der Waals surface area contributed by atoms with Gasteiger partial charge in [0.1, 0.15) is 0 Å². The predicted octanol–water partition coefficient (Wildman–Crippen LogP) is 0.990. The van der Waals surface area contributed by atoms with Crippen LogP contribution in [0.25, 0.3) is 0 Å². The van der Waals surface area contributed by atoms with E-state index >= 15 is 0 Å². The maximum absolute atomic E-state index is 11.9. The molecule has 0 bridgehead atoms. The van der Waals surface area contributed by atoms with E-state index in [1.54, 1.807) is 30.9 Å². The fourth-order valence-electron chi connectivity index (χ4n) is 2.40. The van der Waals surface area contributed by atoms with E-state index in [0.29, 0.717) is 18.2 Å². The number of piperidine rings is 1. The van der Waals surface area contributed by atoms with E-state index in [-0.39, 0.29) is 12.1 Å². The second-order valence-electron chi connectivity index (χ2n) is 4.92. The van der Waals surface area contributed by atoms with Gasteiger partial charge in [-0.15, -0.1) is 0 Å². The molecule has 3 rings (SSSR count). The largest absolute Gasteiger partial charge is 0.339 e. The first-order valence-corrected chi connectivity index (χ1v) is 6.89. The summed E-state index contributed by atoms with van der Waals surface area (Å²) in [5.41, 5.74) is 0.645. The fraction of sp³-hybridized carbons (Fsp3) is 0.385. The van der Waals surface area contributed by atoms with Crippen LogP contribution in [-0.4, -0.2) is 45.3 Å². The molecule has 3 heterocycles. The quantitative estimate of drug-likeness (QED) is 0.782. The third kappa shape index (κ3) is 3.47. The average Bonchev–Trinajstić information content (AvgIpc) is 3.01. The van der Waals surface area contributed by atoms with Crippen molar-refractivity contribution in [3.8, 4) is 0 Å². The van der Waals surface area contributed by atoms with E-state index < -0.39 is 0 Å². The summed E-state index contributed by atoms with van der Waals surface area (Å²) in [5.74, 6) is 0.708. The summed E-state index contributed by atoms with van der Waals surface area (Å²) in [6, 6.07) is 1.65. The molecule has 2 amide bonds. The molecule has 1 saturated heterocycles. The Morgan fingerprint density at radius 2 is 2.24 bits per heavy atom. The zero-order valence-electron chi connectivity index (χ0n) is 11.5. The van der Waals surface area contributed by atoms with Crippen LogP contribution in [0.5, 0.6) is 0 Å². The van der Waals surface area contributed by atoms with Crippen LogP contribution in [0.15, 0.2) is 30.9 Å². The highest BCUT2D eigenvalue weighted by Gasteiger charge is 2.22. The van der Waals surface area contributed by atoms with Crippen LogP contribution < -0.4 is 15.5 Å². The maximum atomic E-state index is 11.9. The van der Waals surface area contributed by atoms with E-state index in [9.17, 15) is 4.79 Å². The zero-order chi connectivity index (χ0) is 14.5. The van der Waals surface area contributed by atoms with Gasteiger partial charge in [-0.2, -0.15) is 5.10 Å². The topological polar surface area (TPSA) is 98.8 Å². The number of amides is 2. The molecule has 110 valence electrons. The van der Waals surface area contributed by atoms with E-state index in [1.807, 2.05) is 0 Å². The number of carbonyl (C=O) groups is 1. The molecule has 0 unspecified atom stereocenters. The van der Waals surface area contributed by atoms with Gasteiger partial charge in [0.05, 0.1) is 11.9 Å². The number of hydrogen-bond acceptors (Lipinski definition) is 5. The minimum atomic E-state index is -0.225. The number of urea groups is 1. The second-order valence-corrected chi connectivity index (χ2v) is 4.92. The van der Waals surface area contributed by atoms with Crippen LogP contribution in [0, 0.1) is 0 Å². The van der Waals surface area contributed by atoms with Crippen molar-refractivity contribution < 1.29 is 4.79 Å². The molecule has 2 aromatic rings. The van der Waals surface area contributed by atoms with E-state index in [0.717, 1.165) is 19.4 Å². The summed E-state index contributed by atoms with van der Waals surface area (Å²) < 4.78 is 0. The van der Waals surface area contributed by atoms with Gasteiger partial charge in [0.15, 0.2) is 0 Å². The molecule has 8 nitrogen and oxygen atoms in total. The predicted molar refractivity (Wildman–Crippen MR) is 78.0 cm³/mol. The summed E-state index contributed by atoms with van der Waals surface area (Å²) in [4.78, 5) is 22.5. The number of aromatic nitrogens is 4. The van der Waals surface area contributed by atoms with Gasteiger partial charge in [-0.1, -0.05) is 0 Å². The van der Waals surface area contributed by atoms with Gasteiger partial charge in [-0.3, -0.25) is 5.10 Å². The Morgan fingerprint density at radius 3 is 3.00 bits per heavy atom. The second kappa shape index (κ2) is 6.21. The van der Waals surface area contributed by atoms with Crippen molar-refractivity contribution in [1.82, 2.24) is 25.5 Å². The third-order valence-electron chi connectivity index (χ3n) is 3.35. The molecule has 3 N–H and O–H groups in total. The average molecular weight is 287 g/mol. The van der Waals surface area contributed by atoms with Crippen LogP contribution in [0.4, 0.5) is 16.4 Å². The highest BCUT2D eigenvalue weighted by molar-refractivity contribution is 5.89. The summed E-state index contributed by atoms with van der Waals surface area (Å²) in [5, 5.41) is 12.1. The Morgan fingerprint density at radius 1 is 1.38 bits per heavy atom. The molecule has 1 fully saturated rings. The molecule has 8 heteroatoms. The Kier molecular flexibility index (Phi) is 3.95. The van der Waals surface area contributed by atoms with Gasteiger partial charge in [0.2, 0.25) is 5.95 Å². The lowest BCUT2D eigenvalue weighted by molar-refractivity contribution is 0.246. The molecular formula is C13H17N7O. The normalized spacial score (nSPS) is 18.3. The number of anilines is 2. The summed E-state index contributed by atoms with van der Waals surface area (Å²) >= 11 is 0. The number of aromatic amines is 1. The van der Waals surface area contributed by atoms with Crippen molar-refractivity contribution in [3.05, 3.63) is 30.9 Å². The van der Waals surface area contributed by atoms with Gasteiger partial charge >= 0.3 is 6.03 Å². The molecule has 0 spiro atoms. The van der Waals surface area contributed by atoms with Gasteiger partial charge in [-0.25, -0.2) is 14.8 Å². The SMILES string of the molecule is O=C(Nc1cn[nH]c1)N[C@@H]1CCCN(c2ncccn2)C1. The summed E-state index contributed by atoms with van der Waals surface area (Å²) in [6.07, 6.45) is 8.59. The van der Waals surface area contributed by atoms with Gasteiger partial charge in [-0.05, 0) is 18.9 Å². The number of hydrogen-bond donors (Lipinski definition) is 3. The molecule has 21 heavy (non-hydrogen) atoms. The van der Waals surface area contributed by atoms with Crippen molar-refractivity contribution in [1.29, 1.82) is 0 Å². The first-order chi connectivity index (χ1) is 10.3. The number of rotatable bonds is 3. The Labute approximate surface area is 122 Å². The standard InChI is InChI=1S/C13H17N7O/c21-13(19-11-7-16-17-8-11)18-10-3-1-6-20(9-10)12-14-4-2-5-15-12/h2,4-5,7-8,10H,1,3,6,9H2,(H,16,17)(H2,18,19,21)/t10-/m1/s1. The smallest absolute Gasteiger partial charge is 0.319 e. The van der Waals surface area contributed by atoms with Crippen molar-refractivity contribution in [2.24, 2.45) is 0 Å². The van der Waals surface area contributed by atoms with Crippen molar-refractivity contribution in [3.63, 3.8) is 0 Å². The molecule has 0 radical (unpaired) electrons. The van der Waals surface area contributed by atoms with E-state index in [4.69, 9.17) is 0 Å². The number of nitrogens with zero attached hydrogens (tertiary/aromatic N) is 4. The molecular weight excluding hydrogens is 270 g/mol. The molecule has 1 aliphatic heterocycles. The molecule has 0 aliphatic carbocycles. The zero-order valence-corrected chi connectivity index (χ0v) is 11.5. The Bertz CT molecular complexity index is 571. The first-order valence-electron chi connectivity index (χ1n) is 6.89. The van der Waals surface area contributed by atoms with E-state index in [1.165, 1.54) is 0 Å². The Hall–Kier alpha value is -2.64. The number of nitrogens with one attached hydrogen (secondary N) is 3. The molecule has 0 saturated carbocycles. The van der Waals surface area contributed by atoms with Gasteiger partial charge < -0.3 is 15.5 Å². The van der Waals surface area contributed by atoms with Gasteiger partial charge in [0.25, 0.3) is 0 Å². The lowest BCUT2D eigenvalue weighted by Crippen LogP contribution is -2.49. The lowest BCUT2D eigenvalue weighted by atomic mass is 10.1. The van der Waals surface area contributed by atoms with Crippen molar-refractivity contribution >= 4 is 17.7 Å². The molecule has 1 aliphatic rings. The first kappa shape index (κ1) is 13.3. The molecule has 1 atom stereocenters. The highest BCUT2D eigenvalue weighted by Crippen LogP contribution is 2.15. The minimum absolute atomic E-state index is 0.0782.